The van der Waals surface area contributed by atoms with Crippen LogP contribution in [0.3, 0.4) is 0 Å². The van der Waals surface area contributed by atoms with E-state index in [2.05, 4.69) is 6.92 Å². The molecule has 0 aliphatic carbocycles. The molecule has 19 heavy (non-hydrogen) atoms. The number of carbonyl (C=O) groups excluding carboxylic acids is 1. The Bertz CT molecular complexity index is 532. The SMILES string of the molecule is CCCOc1ccc(Oc2ccccc2C=O)cc1. The van der Waals surface area contributed by atoms with Gasteiger partial charge in [0.1, 0.15) is 17.2 Å². The van der Waals surface area contributed by atoms with Gasteiger partial charge in [0.15, 0.2) is 6.29 Å². The largest absolute Gasteiger partial charge is 0.494 e. The lowest BCUT2D eigenvalue weighted by atomic mass is 10.2. The number of ether oxygens (including phenoxy) is 2. The van der Waals surface area contributed by atoms with Gasteiger partial charge in [-0.25, -0.2) is 0 Å². The van der Waals surface area contributed by atoms with Crippen LogP contribution in [0.5, 0.6) is 17.2 Å². The van der Waals surface area contributed by atoms with Crippen molar-refractivity contribution in [2.24, 2.45) is 0 Å². The molecule has 0 amide bonds. The average Bonchev–Trinajstić information content (AvgIpc) is 2.47. The van der Waals surface area contributed by atoms with Crippen molar-refractivity contribution in [1.29, 1.82) is 0 Å². The number of hydrogen-bond donors (Lipinski definition) is 0. The van der Waals surface area contributed by atoms with Crippen molar-refractivity contribution in [3.05, 3.63) is 54.1 Å². The third-order valence-electron chi connectivity index (χ3n) is 2.57. The molecular weight excluding hydrogens is 240 g/mol. The van der Waals surface area contributed by atoms with Gasteiger partial charge < -0.3 is 9.47 Å². The monoisotopic (exact) mass is 256 g/mol. The van der Waals surface area contributed by atoms with Crippen molar-refractivity contribution in [3.63, 3.8) is 0 Å². The highest BCUT2D eigenvalue weighted by atomic mass is 16.5. The fourth-order valence-electron chi connectivity index (χ4n) is 1.62. The molecule has 98 valence electrons. The molecule has 2 aromatic carbocycles. The number of carbonyl (C=O) groups is 1. The number of rotatable bonds is 6. The molecule has 0 radical (unpaired) electrons. The summed E-state index contributed by atoms with van der Waals surface area (Å²) >= 11 is 0. The van der Waals surface area contributed by atoms with E-state index in [-0.39, 0.29) is 0 Å². The highest BCUT2D eigenvalue weighted by Crippen LogP contribution is 2.25. The van der Waals surface area contributed by atoms with E-state index >= 15 is 0 Å². The molecule has 0 spiro atoms. The molecule has 3 heteroatoms. The second kappa shape index (κ2) is 6.59. The summed E-state index contributed by atoms with van der Waals surface area (Å²) in [6.07, 6.45) is 1.76. The fraction of sp³-hybridized carbons (Fsp3) is 0.188. The molecule has 0 atom stereocenters. The number of hydrogen-bond acceptors (Lipinski definition) is 3. The Kier molecular flexibility index (Phi) is 4.56. The molecule has 0 aliphatic heterocycles. The highest BCUT2D eigenvalue weighted by molar-refractivity contribution is 5.79. The molecular formula is C16H16O3. The molecule has 0 saturated carbocycles. The third kappa shape index (κ3) is 3.58. The van der Waals surface area contributed by atoms with Crippen LogP contribution in [0.4, 0.5) is 0 Å². The first-order valence-electron chi connectivity index (χ1n) is 6.28. The minimum Gasteiger partial charge on any atom is -0.494 e. The van der Waals surface area contributed by atoms with Gasteiger partial charge in [-0.15, -0.1) is 0 Å². The van der Waals surface area contributed by atoms with Gasteiger partial charge in [0, 0.05) is 0 Å². The zero-order valence-electron chi connectivity index (χ0n) is 10.8. The van der Waals surface area contributed by atoms with Crippen LogP contribution in [0.15, 0.2) is 48.5 Å². The lowest BCUT2D eigenvalue weighted by molar-refractivity contribution is 0.112. The van der Waals surface area contributed by atoms with Crippen molar-refractivity contribution in [1.82, 2.24) is 0 Å². The van der Waals surface area contributed by atoms with Crippen molar-refractivity contribution in [3.8, 4) is 17.2 Å². The molecule has 0 bridgehead atoms. The molecule has 0 fully saturated rings. The summed E-state index contributed by atoms with van der Waals surface area (Å²) in [6, 6.07) is 14.5. The average molecular weight is 256 g/mol. The van der Waals surface area contributed by atoms with Gasteiger partial charge in [-0.2, -0.15) is 0 Å². The third-order valence-corrected chi connectivity index (χ3v) is 2.57. The maximum atomic E-state index is 10.9. The highest BCUT2D eigenvalue weighted by Gasteiger charge is 2.03. The van der Waals surface area contributed by atoms with Gasteiger partial charge in [0.25, 0.3) is 0 Å². The summed E-state index contributed by atoms with van der Waals surface area (Å²) in [6.45, 7) is 2.77. The van der Waals surface area contributed by atoms with Crippen LogP contribution < -0.4 is 9.47 Å². The first kappa shape index (κ1) is 13.1. The van der Waals surface area contributed by atoms with Gasteiger partial charge in [-0.05, 0) is 42.8 Å². The Hall–Kier alpha value is -2.29. The quantitative estimate of drug-likeness (QED) is 0.730. The molecule has 0 aliphatic rings. The maximum absolute atomic E-state index is 10.9. The first-order valence-corrected chi connectivity index (χ1v) is 6.28. The summed E-state index contributed by atoms with van der Waals surface area (Å²) < 4.78 is 11.2. The van der Waals surface area contributed by atoms with Crippen molar-refractivity contribution < 1.29 is 14.3 Å². The van der Waals surface area contributed by atoms with Crippen LogP contribution in [0.1, 0.15) is 23.7 Å². The van der Waals surface area contributed by atoms with Gasteiger partial charge in [0.2, 0.25) is 0 Å². The summed E-state index contributed by atoms with van der Waals surface area (Å²) in [7, 11) is 0. The van der Waals surface area contributed by atoms with E-state index in [9.17, 15) is 4.79 Å². The Balaban J connectivity index is 2.08. The number of aldehydes is 1. The van der Waals surface area contributed by atoms with Crippen molar-refractivity contribution in [2.75, 3.05) is 6.61 Å². The smallest absolute Gasteiger partial charge is 0.153 e. The van der Waals surface area contributed by atoms with Gasteiger partial charge in [-0.3, -0.25) is 4.79 Å². The zero-order valence-corrected chi connectivity index (χ0v) is 10.8. The predicted molar refractivity (Wildman–Crippen MR) is 74.1 cm³/mol. The van der Waals surface area contributed by atoms with E-state index in [4.69, 9.17) is 9.47 Å². The predicted octanol–water partition coefficient (Wildman–Crippen LogP) is 4.08. The lowest BCUT2D eigenvalue weighted by Gasteiger charge is -2.09. The Morgan fingerprint density at radius 2 is 1.68 bits per heavy atom. The summed E-state index contributed by atoms with van der Waals surface area (Å²) in [5.41, 5.74) is 0.536. The summed E-state index contributed by atoms with van der Waals surface area (Å²) in [4.78, 5) is 10.9. The van der Waals surface area contributed by atoms with E-state index in [1.807, 2.05) is 30.3 Å². The minimum absolute atomic E-state index is 0.536. The summed E-state index contributed by atoms with van der Waals surface area (Å²) in [5, 5.41) is 0. The molecule has 0 unspecified atom stereocenters. The number of benzene rings is 2. The van der Waals surface area contributed by atoms with E-state index in [0.717, 1.165) is 18.5 Å². The molecule has 0 heterocycles. The zero-order chi connectivity index (χ0) is 13.5. The van der Waals surface area contributed by atoms with Crippen molar-refractivity contribution >= 4 is 6.29 Å². The summed E-state index contributed by atoms with van der Waals surface area (Å²) in [5.74, 6) is 2.05. The van der Waals surface area contributed by atoms with Crippen molar-refractivity contribution in [2.45, 2.75) is 13.3 Å². The van der Waals surface area contributed by atoms with Crippen LogP contribution in [0.25, 0.3) is 0 Å². The van der Waals surface area contributed by atoms with Crippen LogP contribution in [0.2, 0.25) is 0 Å². The second-order valence-corrected chi connectivity index (χ2v) is 4.08. The van der Waals surface area contributed by atoms with Crippen LogP contribution in [0, 0.1) is 0 Å². The lowest BCUT2D eigenvalue weighted by Crippen LogP contribution is -1.95. The maximum Gasteiger partial charge on any atom is 0.153 e. The molecule has 0 saturated heterocycles. The van der Waals surface area contributed by atoms with E-state index in [1.54, 1.807) is 18.2 Å². The standard InChI is InChI=1S/C16H16O3/c1-2-11-18-14-7-9-15(10-8-14)19-16-6-4-3-5-13(16)12-17/h3-10,12H,2,11H2,1H3. The molecule has 2 aromatic rings. The van der Waals surface area contributed by atoms with Crippen LogP contribution >= 0.6 is 0 Å². The number of para-hydroxylation sites is 1. The Morgan fingerprint density at radius 3 is 2.37 bits per heavy atom. The molecule has 0 N–H and O–H groups in total. The van der Waals surface area contributed by atoms with Gasteiger partial charge in [-0.1, -0.05) is 19.1 Å². The second-order valence-electron chi connectivity index (χ2n) is 4.08. The molecule has 2 rings (SSSR count). The van der Waals surface area contributed by atoms with E-state index in [1.165, 1.54) is 0 Å². The first-order chi connectivity index (χ1) is 9.33. The fourth-order valence-corrected chi connectivity index (χ4v) is 1.62. The van der Waals surface area contributed by atoms with E-state index < -0.39 is 0 Å². The van der Waals surface area contributed by atoms with Gasteiger partial charge >= 0.3 is 0 Å². The topological polar surface area (TPSA) is 35.5 Å². The van der Waals surface area contributed by atoms with Crippen LogP contribution in [-0.4, -0.2) is 12.9 Å². The normalized spacial score (nSPS) is 9.95. The molecule has 0 aromatic heterocycles. The van der Waals surface area contributed by atoms with Crippen LogP contribution in [-0.2, 0) is 0 Å². The Morgan fingerprint density at radius 1 is 1.00 bits per heavy atom. The molecule has 3 nitrogen and oxygen atoms in total. The van der Waals surface area contributed by atoms with E-state index in [0.29, 0.717) is 23.7 Å². The minimum atomic E-state index is 0.536. The van der Waals surface area contributed by atoms with Gasteiger partial charge in [0.05, 0.1) is 12.2 Å². The Labute approximate surface area is 112 Å².